The van der Waals surface area contributed by atoms with Gasteiger partial charge >= 0.3 is 0 Å². The van der Waals surface area contributed by atoms with E-state index in [9.17, 15) is 0 Å². The Morgan fingerprint density at radius 2 is 2.05 bits per heavy atom. The van der Waals surface area contributed by atoms with Gasteiger partial charge in [-0.15, -0.1) is 11.6 Å². The van der Waals surface area contributed by atoms with Gasteiger partial charge in [-0.3, -0.25) is 4.68 Å². The largest absolute Gasteiger partial charge is 0.311 e. The molecule has 0 saturated carbocycles. The molecule has 0 amide bonds. The summed E-state index contributed by atoms with van der Waals surface area (Å²) in [5.74, 6) is 1.39. The summed E-state index contributed by atoms with van der Waals surface area (Å²) in [6.07, 6.45) is 4.37. The number of hydrogen-bond donors (Lipinski definition) is 1. The zero-order chi connectivity index (χ0) is 14.3. The molecule has 0 fully saturated rings. The van der Waals surface area contributed by atoms with E-state index in [2.05, 4.69) is 24.3 Å². The first-order valence-corrected chi connectivity index (χ1v) is 8.02. The zero-order valence-corrected chi connectivity index (χ0v) is 13.7. The van der Waals surface area contributed by atoms with Gasteiger partial charge < -0.3 is 5.32 Å². The molecule has 1 atom stereocenters. The molecule has 0 radical (unpaired) electrons. The van der Waals surface area contributed by atoms with Crippen LogP contribution in [0.1, 0.15) is 44.5 Å². The highest BCUT2D eigenvalue weighted by atomic mass is 35.5. The SMILES string of the molecule is CCCC(CCCl)CNCc1c(Cl)c(CC)nn1C. The lowest BCUT2D eigenvalue weighted by Crippen LogP contribution is -2.24. The Bertz CT molecular complexity index is 371. The van der Waals surface area contributed by atoms with E-state index >= 15 is 0 Å². The number of aryl methyl sites for hydroxylation is 2. The Morgan fingerprint density at radius 1 is 1.32 bits per heavy atom. The molecular weight excluding hydrogens is 281 g/mol. The van der Waals surface area contributed by atoms with E-state index in [-0.39, 0.29) is 0 Å². The number of aromatic nitrogens is 2. The molecule has 5 heteroatoms. The van der Waals surface area contributed by atoms with Crippen LogP contribution in [0.25, 0.3) is 0 Å². The second-order valence-electron chi connectivity index (χ2n) is 4.95. The highest BCUT2D eigenvalue weighted by molar-refractivity contribution is 6.31. The van der Waals surface area contributed by atoms with Gasteiger partial charge in [0.1, 0.15) is 0 Å². The molecule has 0 spiro atoms. The monoisotopic (exact) mass is 305 g/mol. The normalized spacial score (nSPS) is 12.9. The van der Waals surface area contributed by atoms with Crippen LogP contribution < -0.4 is 5.32 Å². The molecule has 0 aliphatic heterocycles. The van der Waals surface area contributed by atoms with Crippen LogP contribution in [-0.4, -0.2) is 22.2 Å². The summed E-state index contributed by atoms with van der Waals surface area (Å²) in [5, 5.41) is 8.72. The van der Waals surface area contributed by atoms with Gasteiger partial charge in [0.2, 0.25) is 0 Å². The maximum absolute atomic E-state index is 6.32. The fourth-order valence-corrected chi connectivity index (χ4v) is 2.99. The molecule has 0 bridgehead atoms. The summed E-state index contributed by atoms with van der Waals surface area (Å²) < 4.78 is 1.88. The summed E-state index contributed by atoms with van der Waals surface area (Å²) in [4.78, 5) is 0. The molecule has 1 unspecified atom stereocenters. The number of hydrogen-bond acceptors (Lipinski definition) is 2. The van der Waals surface area contributed by atoms with Crippen LogP contribution in [0.15, 0.2) is 0 Å². The molecule has 1 N–H and O–H groups in total. The number of halogens is 2. The molecule has 110 valence electrons. The van der Waals surface area contributed by atoms with Crippen LogP contribution in [0, 0.1) is 5.92 Å². The summed E-state index contributed by atoms with van der Waals surface area (Å²) in [7, 11) is 1.95. The van der Waals surface area contributed by atoms with Crippen molar-refractivity contribution in [3.63, 3.8) is 0 Å². The van der Waals surface area contributed by atoms with Crippen molar-refractivity contribution in [1.29, 1.82) is 0 Å². The Balaban J connectivity index is 2.50. The van der Waals surface area contributed by atoms with Crippen LogP contribution in [0.5, 0.6) is 0 Å². The molecule has 19 heavy (non-hydrogen) atoms. The summed E-state index contributed by atoms with van der Waals surface area (Å²) >= 11 is 12.2. The minimum absolute atomic E-state index is 0.653. The van der Waals surface area contributed by atoms with Gasteiger partial charge in [0.25, 0.3) is 0 Å². The van der Waals surface area contributed by atoms with E-state index in [1.165, 1.54) is 12.8 Å². The van der Waals surface area contributed by atoms with Crippen LogP contribution in [0.3, 0.4) is 0 Å². The average molecular weight is 306 g/mol. The van der Waals surface area contributed by atoms with E-state index in [1.54, 1.807) is 0 Å². The maximum atomic E-state index is 6.32. The van der Waals surface area contributed by atoms with E-state index < -0.39 is 0 Å². The van der Waals surface area contributed by atoms with Crippen molar-refractivity contribution in [2.24, 2.45) is 13.0 Å². The fourth-order valence-electron chi connectivity index (χ4n) is 2.32. The van der Waals surface area contributed by atoms with Crippen molar-refractivity contribution in [3.05, 3.63) is 16.4 Å². The third-order valence-corrected chi connectivity index (χ3v) is 4.10. The lowest BCUT2D eigenvalue weighted by Gasteiger charge is -2.15. The summed E-state index contributed by atoms with van der Waals surface area (Å²) in [5.41, 5.74) is 2.05. The highest BCUT2D eigenvalue weighted by Gasteiger charge is 2.13. The van der Waals surface area contributed by atoms with Crippen LogP contribution in [0.2, 0.25) is 5.02 Å². The fraction of sp³-hybridized carbons (Fsp3) is 0.786. The predicted octanol–water partition coefficient (Wildman–Crippen LogP) is 3.77. The number of nitrogens with zero attached hydrogens (tertiary/aromatic N) is 2. The van der Waals surface area contributed by atoms with E-state index in [0.717, 1.165) is 48.2 Å². The first-order chi connectivity index (χ1) is 9.13. The molecule has 1 heterocycles. The molecule has 3 nitrogen and oxygen atoms in total. The van der Waals surface area contributed by atoms with E-state index in [0.29, 0.717) is 5.92 Å². The number of rotatable bonds is 9. The summed E-state index contributed by atoms with van der Waals surface area (Å²) in [6, 6.07) is 0. The molecule has 1 aromatic rings. The van der Waals surface area contributed by atoms with E-state index in [4.69, 9.17) is 23.2 Å². The minimum atomic E-state index is 0.653. The van der Waals surface area contributed by atoms with Crippen molar-refractivity contribution in [1.82, 2.24) is 15.1 Å². The van der Waals surface area contributed by atoms with Gasteiger partial charge in [-0.2, -0.15) is 5.10 Å². The molecule has 1 rings (SSSR count). The topological polar surface area (TPSA) is 29.9 Å². The predicted molar refractivity (Wildman–Crippen MR) is 83.0 cm³/mol. The Kier molecular flexibility index (Phi) is 7.81. The van der Waals surface area contributed by atoms with Crippen molar-refractivity contribution in [3.8, 4) is 0 Å². The third kappa shape index (κ3) is 4.97. The smallest absolute Gasteiger partial charge is 0.0863 e. The molecule has 1 aromatic heterocycles. The van der Waals surface area contributed by atoms with Gasteiger partial charge in [-0.25, -0.2) is 0 Å². The zero-order valence-electron chi connectivity index (χ0n) is 12.2. The Labute approximate surface area is 126 Å². The second-order valence-corrected chi connectivity index (χ2v) is 5.70. The average Bonchev–Trinajstić information content (AvgIpc) is 2.66. The Hall–Kier alpha value is -0.250. The van der Waals surface area contributed by atoms with Gasteiger partial charge in [0.15, 0.2) is 0 Å². The van der Waals surface area contributed by atoms with Crippen LogP contribution in [0.4, 0.5) is 0 Å². The molecule has 0 aliphatic rings. The Morgan fingerprint density at radius 3 is 2.58 bits per heavy atom. The minimum Gasteiger partial charge on any atom is -0.311 e. The van der Waals surface area contributed by atoms with E-state index in [1.807, 2.05) is 11.7 Å². The lowest BCUT2D eigenvalue weighted by molar-refractivity contribution is 0.426. The number of alkyl halides is 1. The van der Waals surface area contributed by atoms with Crippen molar-refractivity contribution in [2.45, 2.75) is 46.1 Å². The second kappa shape index (κ2) is 8.83. The van der Waals surface area contributed by atoms with Crippen molar-refractivity contribution >= 4 is 23.2 Å². The quantitative estimate of drug-likeness (QED) is 0.704. The maximum Gasteiger partial charge on any atom is 0.0863 e. The molecule has 0 aromatic carbocycles. The van der Waals surface area contributed by atoms with Gasteiger partial charge in [0.05, 0.1) is 16.4 Å². The first kappa shape index (κ1) is 16.8. The number of nitrogens with one attached hydrogen (secondary N) is 1. The summed E-state index contributed by atoms with van der Waals surface area (Å²) in [6.45, 7) is 6.05. The van der Waals surface area contributed by atoms with Crippen LogP contribution >= 0.6 is 23.2 Å². The van der Waals surface area contributed by atoms with Crippen molar-refractivity contribution in [2.75, 3.05) is 12.4 Å². The molecule has 0 aliphatic carbocycles. The van der Waals surface area contributed by atoms with Crippen LogP contribution in [-0.2, 0) is 20.0 Å². The highest BCUT2D eigenvalue weighted by Crippen LogP contribution is 2.20. The van der Waals surface area contributed by atoms with Gasteiger partial charge in [-0.1, -0.05) is 31.9 Å². The third-order valence-electron chi connectivity index (χ3n) is 3.44. The standard InChI is InChI=1S/C14H25Cl2N3/c1-4-6-11(7-8-15)9-17-10-13-14(16)12(5-2)18-19(13)3/h11,17H,4-10H2,1-3H3. The van der Waals surface area contributed by atoms with Gasteiger partial charge in [-0.05, 0) is 31.7 Å². The lowest BCUT2D eigenvalue weighted by atomic mass is 10.0. The first-order valence-electron chi connectivity index (χ1n) is 7.10. The van der Waals surface area contributed by atoms with Gasteiger partial charge in [0, 0.05) is 19.5 Å². The van der Waals surface area contributed by atoms with Crippen molar-refractivity contribution < 1.29 is 0 Å². The molecule has 0 saturated heterocycles. The molecular formula is C14H25Cl2N3.